The molecule has 0 bridgehead atoms. The molecule has 3 nitrogen and oxygen atoms in total. The topological polar surface area (TPSA) is 49.7 Å². The van der Waals surface area contributed by atoms with Crippen molar-refractivity contribution in [2.45, 2.75) is 13.2 Å². The molecular formula is C9H11ClO3. The smallest absolute Gasteiger partial charge is 0.181 e. The van der Waals surface area contributed by atoms with E-state index in [-0.39, 0.29) is 5.75 Å². The van der Waals surface area contributed by atoms with E-state index in [2.05, 4.69) is 0 Å². The predicted octanol–water partition coefficient (Wildman–Crippen LogP) is 1.99. The lowest BCUT2D eigenvalue weighted by Crippen LogP contribution is -2.02. The highest BCUT2D eigenvalue weighted by molar-refractivity contribution is 6.30. The molecule has 0 aliphatic heterocycles. The molecule has 2 N–H and O–H groups in total. The van der Waals surface area contributed by atoms with Gasteiger partial charge in [0.1, 0.15) is 5.75 Å². The summed E-state index contributed by atoms with van der Waals surface area (Å²) in [5, 5.41) is 19.1. The first-order valence-electron chi connectivity index (χ1n) is 3.76. The Kier molecular flexibility index (Phi) is 3.14. The highest BCUT2D eigenvalue weighted by Gasteiger charge is 2.12. The van der Waals surface area contributed by atoms with Crippen LogP contribution in [0, 0.1) is 6.92 Å². The minimum absolute atomic E-state index is 0.0543. The van der Waals surface area contributed by atoms with Gasteiger partial charge in [-0.3, -0.25) is 0 Å². The van der Waals surface area contributed by atoms with Gasteiger partial charge in [-0.05, 0) is 24.6 Å². The van der Waals surface area contributed by atoms with Crippen molar-refractivity contribution < 1.29 is 14.9 Å². The standard InChI is InChI=1S/C9H11ClO3/c1-5-7(9(12)13-2)3-6(10)4-8(5)11/h3-4,9,11-12H,1-2H3. The number of aliphatic hydroxyl groups is 1. The number of hydrogen-bond acceptors (Lipinski definition) is 3. The maximum Gasteiger partial charge on any atom is 0.181 e. The summed E-state index contributed by atoms with van der Waals surface area (Å²) in [6, 6.07) is 2.98. The Morgan fingerprint density at radius 3 is 2.62 bits per heavy atom. The van der Waals surface area contributed by atoms with Gasteiger partial charge >= 0.3 is 0 Å². The second-order valence-electron chi connectivity index (χ2n) is 2.73. The van der Waals surface area contributed by atoms with Gasteiger partial charge in [-0.15, -0.1) is 0 Å². The maximum atomic E-state index is 9.37. The minimum atomic E-state index is -1.05. The fourth-order valence-electron chi connectivity index (χ4n) is 1.07. The first kappa shape index (κ1) is 10.3. The van der Waals surface area contributed by atoms with Crippen LogP contribution in [0.4, 0.5) is 0 Å². The number of phenols is 1. The van der Waals surface area contributed by atoms with Gasteiger partial charge in [-0.25, -0.2) is 0 Å². The van der Waals surface area contributed by atoms with Gasteiger partial charge in [0.25, 0.3) is 0 Å². The highest BCUT2D eigenvalue weighted by Crippen LogP contribution is 2.29. The zero-order valence-electron chi connectivity index (χ0n) is 7.41. The van der Waals surface area contributed by atoms with E-state index in [1.54, 1.807) is 13.0 Å². The zero-order chi connectivity index (χ0) is 10.0. The average Bonchev–Trinajstić information content (AvgIpc) is 2.10. The van der Waals surface area contributed by atoms with Crippen LogP contribution >= 0.6 is 11.6 Å². The summed E-state index contributed by atoms with van der Waals surface area (Å²) in [7, 11) is 1.38. The minimum Gasteiger partial charge on any atom is -0.508 e. The van der Waals surface area contributed by atoms with Crippen molar-refractivity contribution in [1.82, 2.24) is 0 Å². The molecule has 1 aromatic rings. The molecule has 0 heterocycles. The molecular weight excluding hydrogens is 192 g/mol. The van der Waals surface area contributed by atoms with E-state index in [1.807, 2.05) is 0 Å². The van der Waals surface area contributed by atoms with Gasteiger partial charge in [0.05, 0.1) is 0 Å². The first-order valence-corrected chi connectivity index (χ1v) is 4.14. The van der Waals surface area contributed by atoms with Crippen molar-refractivity contribution in [2.75, 3.05) is 7.11 Å². The third kappa shape index (κ3) is 2.12. The summed E-state index contributed by atoms with van der Waals surface area (Å²) < 4.78 is 4.71. The first-order chi connectivity index (χ1) is 6.06. The summed E-state index contributed by atoms with van der Waals surface area (Å²) in [6.45, 7) is 1.68. The largest absolute Gasteiger partial charge is 0.508 e. The van der Waals surface area contributed by atoms with Crippen LogP contribution < -0.4 is 0 Å². The molecule has 1 rings (SSSR count). The molecule has 1 aromatic carbocycles. The molecule has 0 aliphatic carbocycles. The van der Waals surface area contributed by atoms with Crippen molar-refractivity contribution in [1.29, 1.82) is 0 Å². The summed E-state index contributed by atoms with van der Waals surface area (Å²) in [5.41, 5.74) is 1.05. The Hall–Kier alpha value is -0.770. The number of phenolic OH excluding ortho intramolecular Hbond substituents is 1. The van der Waals surface area contributed by atoms with Crippen LogP contribution in [-0.2, 0) is 4.74 Å². The van der Waals surface area contributed by atoms with Gasteiger partial charge < -0.3 is 14.9 Å². The number of methoxy groups -OCH3 is 1. The summed E-state index contributed by atoms with van der Waals surface area (Å²) in [6.07, 6.45) is -1.05. The number of rotatable bonds is 2. The third-order valence-electron chi connectivity index (χ3n) is 1.87. The van der Waals surface area contributed by atoms with Crippen molar-refractivity contribution in [2.24, 2.45) is 0 Å². The van der Waals surface area contributed by atoms with E-state index >= 15 is 0 Å². The molecule has 13 heavy (non-hydrogen) atoms. The van der Waals surface area contributed by atoms with Gasteiger partial charge in [0, 0.05) is 17.7 Å². The molecule has 0 saturated carbocycles. The number of halogens is 1. The molecule has 0 aliphatic rings. The molecule has 1 unspecified atom stereocenters. The van der Waals surface area contributed by atoms with Crippen molar-refractivity contribution in [3.8, 4) is 5.75 Å². The fourth-order valence-corrected chi connectivity index (χ4v) is 1.29. The molecule has 0 fully saturated rings. The van der Waals surface area contributed by atoms with Crippen LogP contribution in [0.2, 0.25) is 5.02 Å². The normalized spacial score (nSPS) is 12.9. The summed E-state index contributed by atoms with van der Waals surface area (Å²) in [4.78, 5) is 0. The summed E-state index contributed by atoms with van der Waals surface area (Å²) >= 11 is 5.70. The Morgan fingerprint density at radius 1 is 1.46 bits per heavy atom. The van der Waals surface area contributed by atoms with Gasteiger partial charge in [0.2, 0.25) is 0 Å². The SMILES string of the molecule is COC(O)c1cc(Cl)cc(O)c1C. The van der Waals surface area contributed by atoms with E-state index in [9.17, 15) is 10.2 Å². The monoisotopic (exact) mass is 202 g/mol. The molecule has 4 heteroatoms. The Morgan fingerprint density at radius 2 is 2.08 bits per heavy atom. The Bertz CT molecular complexity index is 312. The van der Waals surface area contributed by atoms with Crippen molar-refractivity contribution in [3.63, 3.8) is 0 Å². The lowest BCUT2D eigenvalue weighted by molar-refractivity contribution is -0.0774. The molecule has 0 spiro atoms. The second-order valence-corrected chi connectivity index (χ2v) is 3.16. The second kappa shape index (κ2) is 3.96. The predicted molar refractivity (Wildman–Crippen MR) is 49.8 cm³/mol. The fraction of sp³-hybridized carbons (Fsp3) is 0.333. The number of ether oxygens (including phenoxy) is 1. The van der Waals surface area contributed by atoms with Crippen LogP contribution in [0.1, 0.15) is 17.4 Å². The zero-order valence-corrected chi connectivity index (χ0v) is 8.17. The van der Waals surface area contributed by atoms with Crippen LogP contribution in [-0.4, -0.2) is 17.3 Å². The molecule has 1 atom stereocenters. The van der Waals surface area contributed by atoms with E-state index in [0.29, 0.717) is 16.1 Å². The number of hydrogen-bond donors (Lipinski definition) is 2. The molecule has 0 amide bonds. The maximum absolute atomic E-state index is 9.37. The molecule has 0 radical (unpaired) electrons. The quantitative estimate of drug-likeness (QED) is 0.722. The van der Waals surface area contributed by atoms with Gasteiger partial charge in [-0.1, -0.05) is 11.6 Å². The number of aromatic hydroxyl groups is 1. The van der Waals surface area contributed by atoms with E-state index in [4.69, 9.17) is 16.3 Å². The van der Waals surface area contributed by atoms with Gasteiger partial charge in [0.15, 0.2) is 6.29 Å². The molecule has 0 aromatic heterocycles. The van der Waals surface area contributed by atoms with Crippen molar-refractivity contribution in [3.05, 3.63) is 28.3 Å². The van der Waals surface area contributed by atoms with E-state index < -0.39 is 6.29 Å². The lowest BCUT2D eigenvalue weighted by atomic mass is 10.1. The van der Waals surface area contributed by atoms with Gasteiger partial charge in [-0.2, -0.15) is 0 Å². The lowest BCUT2D eigenvalue weighted by Gasteiger charge is -2.13. The van der Waals surface area contributed by atoms with E-state index in [0.717, 1.165) is 0 Å². The third-order valence-corrected chi connectivity index (χ3v) is 2.09. The van der Waals surface area contributed by atoms with Crippen LogP contribution in [0.15, 0.2) is 12.1 Å². The van der Waals surface area contributed by atoms with E-state index in [1.165, 1.54) is 13.2 Å². The van der Waals surface area contributed by atoms with Crippen molar-refractivity contribution >= 4 is 11.6 Å². The highest BCUT2D eigenvalue weighted by atomic mass is 35.5. The molecule has 0 saturated heterocycles. The number of aliphatic hydroxyl groups excluding tert-OH is 1. The van der Waals surface area contributed by atoms with Crippen LogP contribution in [0.25, 0.3) is 0 Å². The van der Waals surface area contributed by atoms with Crippen LogP contribution in [0.3, 0.4) is 0 Å². The average molecular weight is 203 g/mol. The number of benzene rings is 1. The van der Waals surface area contributed by atoms with Crippen LogP contribution in [0.5, 0.6) is 5.75 Å². The summed E-state index contributed by atoms with van der Waals surface area (Å²) in [5.74, 6) is 0.0543. The molecule has 72 valence electrons. The Labute approximate surface area is 81.5 Å². The Balaban J connectivity index is 3.20.